The molecule has 0 spiro atoms. The number of phenolic OH excluding ortho intramolecular Hbond substituents is 2. The van der Waals surface area contributed by atoms with E-state index in [0.29, 0.717) is 6.42 Å². The van der Waals surface area contributed by atoms with Crippen LogP contribution in [0.25, 0.3) is 0 Å². The minimum absolute atomic E-state index is 0.0109. The van der Waals surface area contributed by atoms with Crippen LogP contribution < -0.4 is 11.5 Å². The molecule has 0 saturated carbocycles. The second kappa shape index (κ2) is 5.22. The van der Waals surface area contributed by atoms with Crippen molar-refractivity contribution in [2.24, 2.45) is 11.5 Å². The molecule has 0 aliphatic rings. The van der Waals surface area contributed by atoms with Gasteiger partial charge < -0.3 is 26.4 Å². The fourth-order valence-corrected chi connectivity index (χ4v) is 1.25. The van der Waals surface area contributed by atoms with Crippen molar-refractivity contribution in [2.75, 3.05) is 6.61 Å². The number of hydrogen-bond donors (Lipinski definition) is 4. The van der Waals surface area contributed by atoms with E-state index < -0.39 is 12.1 Å². The maximum Gasteiger partial charge on any atom is 0.404 e. The third-order valence-electron chi connectivity index (χ3n) is 1.98. The van der Waals surface area contributed by atoms with Crippen LogP contribution in [0.5, 0.6) is 11.5 Å². The van der Waals surface area contributed by atoms with E-state index in [-0.39, 0.29) is 18.1 Å². The number of aromatic hydroxyl groups is 2. The molecule has 0 saturated heterocycles. The Balaban J connectivity index is 2.52. The summed E-state index contributed by atoms with van der Waals surface area (Å²) >= 11 is 0. The van der Waals surface area contributed by atoms with Crippen LogP contribution in [0.4, 0.5) is 4.79 Å². The van der Waals surface area contributed by atoms with E-state index in [4.69, 9.17) is 16.6 Å². The molecular formula is C10H14N2O4. The van der Waals surface area contributed by atoms with E-state index >= 15 is 0 Å². The lowest BCUT2D eigenvalue weighted by molar-refractivity contribution is 0.149. The number of ether oxygens (including phenoxy) is 1. The van der Waals surface area contributed by atoms with Crippen molar-refractivity contribution in [1.29, 1.82) is 0 Å². The Morgan fingerprint density at radius 3 is 2.62 bits per heavy atom. The summed E-state index contributed by atoms with van der Waals surface area (Å²) in [6, 6.07) is 3.99. The third kappa shape index (κ3) is 3.66. The predicted octanol–water partition coefficient (Wildman–Crippen LogP) is 0.0629. The number of benzene rings is 1. The smallest absolute Gasteiger partial charge is 0.404 e. The highest BCUT2D eigenvalue weighted by atomic mass is 16.5. The van der Waals surface area contributed by atoms with Gasteiger partial charge in [-0.1, -0.05) is 6.07 Å². The lowest BCUT2D eigenvalue weighted by Crippen LogP contribution is -2.31. The number of carbonyl (C=O) groups excluding carboxylic acids is 1. The molecule has 1 amide bonds. The topological polar surface area (TPSA) is 119 Å². The molecule has 0 unspecified atom stereocenters. The Morgan fingerprint density at radius 2 is 2.06 bits per heavy atom. The summed E-state index contributed by atoms with van der Waals surface area (Å²) in [4.78, 5) is 10.3. The van der Waals surface area contributed by atoms with Gasteiger partial charge in [0.25, 0.3) is 0 Å². The van der Waals surface area contributed by atoms with E-state index in [9.17, 15) is 9.90 Å². The second-order valence-electron chi connectivity index (χ2n) is 3.42. The first kappa shape index (κ1) is 12.1. The highest BCUT2D eigenvalue weighted by Gasteiger charge is 2.08. The molecule has 1 atom stereocenters. The van der Waals surface area contributed by atoms with Crippen LogP contribution >= 0.6 is 0 Å². The Hall–Kier alpha value is -1.95. The van der Waals surface area contributed by atoms with Gasteiger partial charge in [0.15, 0.2) is 11.5 Å². The van der Waals surface area contributed by atoms with Gasteiger partial charge in [0.1, 0.15) is 6.61 Å². The summed E-state index contributed by atoms with van der Waals surface area (Å²) in [5, 5.41) is 18.3. The molecule has 1 aromatic carbocycles. The van der Waals surface area contributed by atoms with Crippen LogP contribution in [0, 0.1) is 0 Å². The van der Waals surface area contributed by atoms with Gasteiger partial charge in [-0.25, -0.2) is 4.79 Å². The zero-order chi connectivity index (χ0) is 12.1. The monoisotopic (exact) mass is 226 g/mol. The minimum Gasteiger partial charge on any atom is -0.504 e. The predicted molar refractivity (Wildman–Crippen MR) is 57.0 cm³/mol. The van der Waals surface area contributed by atoms with Crippen LogP contribution in [-0.2, 0) is 11.2 Å². The molecule has 0 aliphatic carbocycles. The number of phenols is 2. The van der Waals surface area contributed by atoms with Gasteiger partial charge in [-0.2, -0.15) is 0 Å². The molecule has 1 aromatic rings. The molecule has 0 bridgehead atoms. The molecule has 6 N–H and O–H groups in total. The molecule has 0 heterocycles. The summed E-state index contributed by atoms with van der Waals surface area (Å²) in [7, 11) is 0. The summed E-state index contributed by atoms with van der Waals surface area (Å²) in [5.41, 5.74) is 11.2. The highest BCUT2D eigenvalue weighted by Crippen LogP contribution is 2.25. The van der Waals surface area contributed by atoms with Gasteiger partial charge in [0.2, 0.25) is 0 Å². The Bertz CT molecular complexity index is 381. The molecular weight excluding hydrogens is 212 g/mol. The van der Waals surface area contributed by atoms with Gasteiger partial charge >= 0.3 is 6.09 Å². The van der Waals surface area contributed by atoms with E-state index in [1.165, 1.54) is 12.1 Å². The van der Waals surface area contributed by atoms with Crippen LogP contribution in [0.15, 0.2) is 18.2 Å². The van der Waals surface area contributed by atoms with Crippen LogP contribution in [0.1, 0.15) is 5.56 Å². The molecule has 0 aromatic heterocycles. The van der Waals surface area contributed by atoms with Crippen LogP contribution in [0.2, 0.25) is 0 Å². The third-order valence-corrected chi connectivity index (χ3v) is 1.98. The zero-order valence-electron chi connectivity index (χ0n) is 8.59. The van der Waals surface area contributed by atoms with E-state index in [1.54, 1.807) is 6.07 Å². The van der Waals surface area contributed by atoms with Gasteiger partial charge in [-0.15, -0.1) is 0 Å². The highest BCUT2D eigenvalue weighted by molar-refractivity contribution is 5.64. The summed E-state index contributed by atoms with van der Waals surface area (Å²) in [6.45, 7) is 0.0109. The summed E-state index contributed by atoms with van der Waals surface area (Å²) < 4.78 is 4.53. The molecule has 1 rings (SSSR count). The van der Waals surface area contributed by atoms with Gasteiger partial charge in [0.05, 0.1) is 0 Å². The molecule has 0 fully saturated rings. The van der Waals surface area contributed by atoms with E-state index in [1.807, 2.05) is 0 Å². The fourth-order valence-electron chi connectivity index (χ4n) is 1.25. The number of rotatable bonds is 4. The van der Waals surface area contributed by atoms with Crippen molar-refractivity contribution in [1.82, 2.24) is 0 Å². The average molecular weight is 226 g/mol. The maximum atomic E-state index is 10.3. The van der Waals surface area contributed by atoms with E-state index in [0.717, 1.165) is 5.56 Å². The number of carbonyl (C=O) groups is 1. The van der Waals surface area contributed by atoms with Crippen molar-refractivity contribution in [3.8, 4) is 11.5 Å². The van der Waals surface area contributed by atoms with E-state index in [2.05, 4.69) is 4.74 Å². The minimum atomic E-state index is -0.871. The number of amides is 1. The molecule has 6 heteroatoms. The quantitative estimate of drug-likeness (QED) is 0.541. The van der Waals surface area contributed by atoms with Gasteiger partial charge in [0, 0.05) is 6.04 Å². The Morgan fingerprint density at radius 1 is 1.38 bits per heavy atom. The molecule has 0 aliphatic heterocycles. The first-order chi connectivity index (χ1) is 7.49. The largest absolute Gasteiger partial charge is 0.504 e. The first-order valence-electron chi connectivity index (χ1n) is 4.67. The van der Waals surface area contributed by atoms with Crippen LogP contribution in [0.3, 0.4) is 0 Å². The second-order valence-corrected chi connectivity index (χ2v) is 3.42. The Kier molecular flexibility index (Phi) is 3.96. The molecule has 6 nitrogen and oxygen atoms in total. The summed E-state index contributed by atoms with van der Waals surface area (Å²) in [5.74, 6) is -0.397. The lowest BCUT2D eigenvalue weighted by Gasteiger charge is -2.11. The summed E-state index contributed by atoms with van der Waals surface area (Å²) in [6.07, 6.45) is -0.467. The molecule has 16 heavy (non-hydrogen) atoms. The van der Waals surface area contributed by atoms with Crippen LogP contribution in [-0.4, -0.2) is 29.0 Å². The SMILES string of the molecule is NC(=O)OC[C@H](N)Cc1ccc(O)c(O)c1. The fraction of sp³-hybridized carbons (Fsp3) is 0.300. The number of primary amides is 1. The normalized spacial score (nSPS) is 12.1. The number of hydrogen-bond acceptors (Lipinski definition) is 5. The van der Waals surface area contributed by atoms with Crippen molar-refractivity contribution >= 4 is 6.09 Å². The van der Waals surface area contributed by atoms with Crippen molar-refractivity contribution in [3.63, 3.8) is 0 Å². The first-order valence-corrected chi connectivity index (χ1v) is 4.67. The van der Waals surface area contributed by atoms with Gasteiger partial charge in [-0.3, -0.25) is 0 Å². The molecule has 0 radical (unpaired) electrons. The lowest BCUT2D eigenvalue weighted by atomic mass is 10.1. The standard InChI is InChI=1S/C10H14N2O4/c11-7(5-16-10(12)15)3-6-1-2-8(13)9(14)4-6/h1-2,4,7,13-14H,3,5,11H2,(H2,12,15)/t7-/m1/s1. The Labute approximate surface area is 92.4 Å². The number of nitrogens with two attached hydrogens (primary N) is 2. The van der Waals surface area contributed by atoms with Crippen molar-refractivity contribution in [3.05, 3.63) is 23.8 Å². The zero-order valence-corrected chi connectivity index (χ0v) is 8.59. The van der Waals surface area contributed by atoms with Crippen molar-refractivity contribution in [2.45, 2.75) is 12.5 Å². The molecule has 88 valence electrons. The van der Waals surface area contributed by atoms with Gasteiger partial charge in [-0.05, 0) is 24.1 Å². The van der Waals surface area contributed by atoms with Crippen molar-refractivity contribution < 1.29 is 19.7 Å². The average Bonchev–Trinajstić information content (AvgIpc) is 2.21. The maximum absolute atomic E-state index is 10.3.